The number of aromatic carboxylic acids is 1. The van der Waals surface area contributed by atoms with Crippen LogP contribution >= 0.6 is 0 Å². The minimum atomic E-state index is -1.10. The fourth-order valence-corrected chi connectivity index (χ4v) is 4.07. The van der Waals surface area contributed by atoms with Crippen LogP contribution < -0.4 is 14.8 Å². The number of benzene rings is 4. The summed E-state index contributed by atoms with van der Waals surface area (Å²) < 4.78 is 11.8. The van der Waals surface area contributed by atoms with E-state index in [0.717, 1.165) is 34.9 Å². The van der Waals surface area contributed by atoms with Gasteiger partial charge in [-0.1, -0.05) is 36.4 Å². The molecule has 0 aromatic heterocycles. The Morgan fingerprint density at radius 1 is 0.718 bits per heavy atom. The molecule has 4 aromatic carbocycles. The van der Waals surface area contributed by atoms with E-state index in [2.05, 4.69) is 5.32 Å². The molecule has 0 saturated heterocycles. The molecular weight excluding hydrogens is 498 g/mol. The van der Waals surface area contributed by atoms with Gasteiger partial charge in [0.1, 0.15) is 17.2 Å². The van der Waals surface area contributed by atoms with E-state index in [-0.39, 0.29) is 30.0 Å². The molecule has 0 saturated carbocycles. The fourth-order valence-electron chi connectivity index (χ4n) is 4.07. The second kappa shape index (κ2) is 13.1. The third-order valence-electron chi connectivity index (χ3n) is 6.04. The van der Waals surface area contributed by atoms with Gasteiger partial charge in [0.25, 0.3) is 0 Å². The van der Waals surface area contributed by atoms with Crippen molar-refractivity contribution in [3.63, 3.8) is 0 Å². The number of carboxylic acid groups (broad SMARTS) is 2. The Morgan fingerprint density at radius 3 is 2.10 bits per heavy atom. The SMILES string of the molecule is O=C(O)CCCCCOc1ccc2cc(Oc3ccc(CC(=O)Nc4ccccc4C(=O)O)cc3)ccc2c1. The Morgan fingerprint density at radius 2 is 1.38 bits per heavy atom. The van der Waals surface area contributed by atoms with E-state index >= 15 is 0 Å². The number of unbranched alkanes of at least 4 members (excludes halogenated alkanes) is 2. The Balaban J connectivity index is 1.29. The lowest BCUT2D eigenvalue weighted by molar-refractivity contribution is -0.137. The van der Waals surface area contributed by atoms with Crippen LogP contribution in [0.3, 0.4) is 0 Å². The molecule has 8 nitrogen and oxygen atoms in total. The molecule has 0 unspecified atom stereocenters. The molecule has 39 heavy (non-hydrogen) atoms. The number of carbonyl (C=O) groups is 3. The smallest absolute Gasteiger partial charge is 0.337 e. The number of ether oxygens (including phenoxy) is 2. The summed E-state index contributed by atoms with van der Waals surface area (Å²) in [6.07, 6.45) is 2.56. The lowest BCUT2D eigenvalue weighted by Crippen LogP contribution is -2.16. The van der Waals surface area contributed by atoms with Crippen molar-refractivity contribution in [3.05, 3.63) is 96.1 Å². The van der Waals surface area contributed by atoms with Gasteiger partial charge in [-0.2, -0.15) is 0 Å². The van der Waals surface area contributed by atoms with Crippen molar-refractivity contribution >= 4 is 34.3 Å². The average molecular weight is 528 g/mol. The predicted octanol–water partition coefficient (Wildman–Crippen LogP) is 6.54. The Kier molecular flexibility index (Phi) is 9.13. The molecular formula is C31H29NO7. The highest BCUT2D eigenvalue weighted by atomic mass is 16.5. The maximum Gasteiger partial charge on any atom is 0.337 e. The van der Waals surface area contributed by atoms with Crippen LogP contribution in [-0.4, -0.2) is 34.7 Å². The van der Waals surface area contributed by atoms with E-state index in [1.807, 2.05) is 36.4 Å². The zero-order valence-corrected chi connectivity index (χ0v) is 21.3. The molecule has 0 aliphatic heterocycles. The highest BCUT2D eigenvalue weighted by Crippen LogP contribution is 2.28. The number of para-hydroxylation sites is 1. The number of nitrogens with one attached hydrogen (secondary N) is 1. The lowest BCUT2D eigenvalue weighted by Gasteiger charge is -2.10. The van der Waals surface area contributed by atoms with Gasteiger partial charge in [-0.05, 0) is 84.1 Å². The van der Waals surface area contributed by atoms with Crippen molar-refractivity contribution in [1.29, 1.82) is 0 Å². The van der Waals surface area contributed by atoms with E-state index in [1.54, 1.807) is 42.5 Å². The van der Waals surface area contributed by atoms with Crippen molar-refractivity contribution in [1.82, 2.24) is 0 Å². The summed E-state index contributed by atoms with van der Waals surface area (Å²) in [5.74, 6) is -0.123. The zero-order valence-electron chi connectivity index (χ0n) is 21.3. The van der Waals surface area contributed by atoms with Crippen LogP contribution in [0, 0.1) is 0 Å². The molecule has 0 bridgehead atoms. The van der Waals surface area contributed by atoms with E-state index in [0.29, 0.717) is 24.5 Å². The van der Waals surface area contributed by atoms with Crippen LogP contribution in [0.2, 0.25) is 0 Å². The summed E-state index contributed by atoms with van der Waals surface area (Å²) in [5, 5.41) is 22.6. The summed E-state index contributed by atoms with van der Waals surface area (Å²) in [7, 11) is 0. The quantitative estimate of drug-likeness (QED) is 0.169. The van der Waals surface area contributed by atoms with Gasteiger partial charge in [0, 0.05) is 6.42 Å². The molecule has 3 N–H and O–H groups in total. The molecule has 0 radical (unpaired) electrons. The van der Waals surface area contributed by atoms with Gasteiger partial charge in [0.15, 0.2) is 0 Å². The van der Waals surface area contributed by atoms with Crippen molar-refractivity contribution in [3.8, 4) is 17.2 Å². The topological polar surface area (TPSA) is 122 Å². The highest BCUT2D eigenvalue weighted by Gasteiger charge is 2.12. The molecule has 1 amide bonds. The van der Waals surface area contributed by atoms with Crippen molar-refractivity contribution in [2.45, 2.75) is 32.1 Å². The van der Waals surface area contributed by atoms with Crippen LogP contribution in [0.4, 0.5) is 5.69 Å². The molecule has 0 aliphatic carbocycles. The van der Waals surface area contributed by atoms with Gasteiger partial charge in [-0.25, -0.2) is 4.79 Å². The zero-order chi connectivity index (χ0) is 27.6. The first-order valence-electron chi connectivity index (χ1n) is 12.6. The van der Waals surface area contributed by atoms with Crippen LogP contribution in [0.15, 0.2) is 84.9 Å². The molecule has 4 rings (SSSR count). The first-order valence-corrected chi connectivity index (χ1v) is 12.6. The maximum atomic E-state index is 12.4. The summed E-state index contributed by atoms with van der Waals surface area (Å²) >= 11 is 0. The summed E-state index contributed by atoms with van der Waals surface area (Å²) in [5.41, 5.74) is 1.07. The summed E-state index contributed by atoms with van der Waals surface area (Å²) in [6.45, 7) is 0.541. The number of carbonyl (C=O) groups excluding carboxylic acids is 1. The number of carboxylic acids is 2. The average Bonchev–Trinajstić information content (AvgIpc) is 2.91. The minimum absolute atomic E-state index is 0.0405. The second-order valence-corrected chi connectivity index (χ2v) is 9.05. The van der Waals surface area contributed by atoms with Crippen LogP contribution in [0.25, 0.3) is 10.8 Å². The first kappa shape index (κ1) is 27.2. The number of anilines is 1. The fraction of sp³-hybridized carbons (Fsp3) is 0.194. The second-order valence-electron chi connectivity index (χ2n) is 9.05. The van der Waals surface area contributed by atoms with Gasteiger partial charge < -0.3 is 25.0 Å². The van der Waals surface area contributed by atoms with Gasteiger partial charge in [0.05, 0.1) is 24.3 Å². The number of rotatable bonds is 13. The maximum absolute atomic E-state index is 12.4. The predicted molar refractivity (Wildman–Crippen MR) is 148 cm³/mol. The largest absolute Gasteiger partial charge is 0.494 e. The molecule has 4 aromatic rings. The Labute approximate surface area is 225 Å². The normalized spacial score (nSPS) is 10.7. The third-order valence-corrected chi connectivity index (χ3v) is 6.04. The highest BCUT2D eigenvalue weighted by molar-refractivity contribution is 6.01. The minimum Gasteiger partial charge on any atom is -0.494 e. The molecule has 0 heterocycles. The molecule has 0 fully saturated rings. The Bertz CT molecular complexity index is 1460. The molecule has 0 aliphatic rings. The van der Waals surface area contributed by atoms with E-state index in [4.69, 9.17) is 14.6 Å². The van der Waals surface area contributed by atoms with Crippen LogP contribution in [-0.2, 0) is 16.0 Å². The summed E-state index contributed by atoms with van der Waals surface area (Å²) in [6, 6.07) is 25.0. The van der Waals surface area contributed by atoms with Crippen LogP contribution in [0.1, 0.15) is 41.6 Å². The number of aliphatic carboxylic acids is 1. The number of hydrogen-bond donors (Lipinski definition) is 3. The van der Waals surface area contributed by atoms with Gasteiger partial charge in [-0.3, -0.25) is 9.59 Å². The number of fused-ring (bicyclic) bond motifs is 1. The molecule has 200 valence electrons. The van der Waals surface area contributed by atoms with Crippen molar-refractivity contribution in [2.75, 3.05) is 11.9 Å². The van der Waals surface area contributed by atoms with E-state index in [1.165, 1.54) is 6.07 Å². The molecule has 8 heteroatoms. The number of amides is 1. The monoisotopic (exact) mass is 527 g/mol. The van der Waals surface area contributed by atoms with E-state index in [9.17, 15) is 19.5 Å². The standard InChI is InChI=1S/C31H29NO7/c33-29(32-28-7-4-3-6-27(28)31(36)37)18-21-9-13-24(14-10-21)39-26-16-12-22-19-25(15-11-23(22)20-26)38-17-5-1-2-8-30(34)35/h3-4,6-7,9-16,19-20H,1-2,5,8,17-18H2,(H,32,33)(H,34,35)(H,36,37). The van der Waals surface area contributed by atoms with Crippen LogP contribution in [0.5, 0.6) is 17.2 Å². The molecule has 0 spiro atoms. The first-order chi connectivity index (χ1) is 18.9. The van der Waals surface area contributed by atoms with E-state index < -0.39 is 11.9 Å². The molecule has 0 atom stereocenters. The van der Waals surface area contributed by atoms with Crippen molar-refractivity contribution < 1.29 is 34.1 Å². The van der Waals surface area contributed by atoms with Gasteiger partial charge >= 0.3 is 11.9 Å². The van der Waals surface area contributed by atoms with Gasteiger partial charge in [-0.15, -0.1) is 0 Å². The summed E-state index contributed by atoms with van der Waals surface area (Å²) in [4.78, 5) is 34.3. The third kappa shape index (κ3) is 8.07. The number of hydrogen-bond acceptors (Lipinski definition) is 5. The lowest BCUT2D eigenvalue weighted by atomic mass is 10.1. The van der Waals surface area contributed by atoms with Crippen molar-refractivity contribution in [2.24, 2.45) is 0 Å². The van der Waals surface area contributed by atoms with Gasteiger partial charge in [0.2, 0.25) is 5.91 Å². The Hall–Kier alpha value is -4.85.